The van der Waals surface area contributed by atoms with Gasteiger partial charge in [-0.1, -0.05) is 11.6 Å². The molecule has 0 aliphatic carbocycles. The molecule has 0 fully saturated rings. The van der Waals surface area contributed by atoms with Crippen LogP contribution in [0.3, 0.4) is 0 Å². The van der Waals surface area contributed by atoms with Gasteiger partial charge in [0.15, 0.2) is 5.13 Å². The van der Waals surface area contributed by atoms with E-state index >= 15 is 0 Å². The standard InChI is InChI=1S/C17H16ClN7O3S/c1-8-6-21-17(29-8)25-16(26)24-11-4-3-9(5-10(11)18)28-15-12(14(20)27-2)13(19)22-7-23-15/h3-7,20H,1-2H3,(H2,19,22,23)(H2,21,24,25,26). The van der Waals surface area contributed by atoms with Gasteiger partial charge in [-0.3, -0.25) is 10.7 Å². The van der Waals surface area contributed by atoms with Crippen LogP contribution in [-0.4, -0.2) is 34.0 Å². The summed E-state index contributed by atoms with van der Waals surface area (Å²) >= 11 is 7.60. The Morgan fingerprint density at radius 3 is 2.72 bits per heavy atom. The van der Waals surface area contributed by atoms with E-state index in [9.17, 15) is 4.79 Å². The molecular weight excluding hydrogens is 418 g/mol. The number of nitrogens with zero attached hydrogens (tertiary/aromatic N) is 3. The zero-order valence-corrected chi connectivity index (χ0v) is 16.9. The van der Waals surface area contributed by atoms with Crippen LogP contribution in [0.25, 0.3) is 0 Å². The van der Waals surface area contributed by atoms with E-state index < -0.39 is 6.03 Å². The average molecular weight is 434 g/mol. The van der Waals surface area contributed by atoms with E-state index in [0.717, 1.165) is 4.88 Å². The number of anilines is 3. The number of urea groups is 1. The summed E-state index contributed by atoms with van der Waals surface area (Å²) in [5, 5.41) is 13.8. The number of amides is 2. The lowest BCUT2D eigenvalue weighted by atomic mass is 10.2. The van der Waals surface area contributed by atoms with Crippen molar-refractivity contribution in [3.8, 4) is 11.6 Å². The van der Waals surface area contributed by atoms with Crippen molar-refractivity contribution in [2.45, 2.75) is 6.92 Å². The van der Waals surface area contributed by atoms with Gasteiger partial charge in [0.05, 0.1) is 17.8 Å². The normalized spacial score (nSPS) is 10.3. The Bertz CT molecular complexity index is 1070. The first-order valence-corrected chi connectivity index (χ1v) is 9.28. The van der Waals surface area contributed by atoms with Gasteiger partial charge in [-0.05, 0) is 19.1 Å². The highest BCUT2D eigenvalue weighted by molar-refractivity contribution is 7.15. The Labute approximate surface area is 174 Å². The van der Waals surface area contributed by atoms with E-state index in [1.54, 1.807) is 18.3 Å². The number of hydrogen-bond donors (Lipinski definition) is 4. The summed E-state index contributed by atoms with van der Waals surface area (Å²) in [6.07, 6.45) is 2.87. The number of methoxy groups -OCH3 is 1. The van der Waals surface area contributed by atoms with Crippen molar-refractivity contribution in [2.75, 3.05) is 23.5 Å². The second-order valence-corrected chi connectivity index (χ2v) is 7.21. The number of benzene rings is 1. The molecule has 2 amide bonds. The van der Waals surface area contributed by atoms with Crippen LogP contribution in [-0.2, 0) is 4.74 Å². The lowest BCUT2D eigenvalue weighted by Crippen LogP contribution is -2.19. The second-order valence-electron chi connectivity index (χ2n) is 5.57. The summed E-state index contributed by atoms with van der Waals surface area (Å²) in [6.45, 7) is 1.89. The van der Waals surface area contributed by atoms with Crippen LogP contribution in [0.2, 0.25) is 5.02 Å². The van der Waals surface area contributed by atoms with Crippen molar-refractivity contribution in [1.82, 2.24) is 15.0 Å². The van der Waals surface area contributed by atoms with Crippen molar-refractivity contribution >= 4 is 51.5 Å². The number of nitrogens with one attached hydrogen (secondary N) is 3. The highest BCUT2D eigenvalue weighted by Gasteiger charge is 2.18. The van der Waals surface area contributed by atoms with E-state index in [2.05, 4.69) is 25.6 Å². The number of carbonyl (C=O) groups excluding carboxylic acids is 1. The van der Waals surface area contributed by atoms with Gasteiger partial charge in [0, 0.05) is 17.1 Å². The molecule has 0 atom stereocenters. The molecule has 29 heavy (non-hydrogen) atoms. The number of nitrogens with two attached hydrogens (primary N) is 1. The minimum absolute atomic E-state index is 0.0398. The van der Waals surface area contributed by atoms with Crippen LogP contribution in [0.1, 0.15) is 10.4 Å². The van der Waals surface area contributed by atoms with E-state index in [0.29, 0.717) is 16.6 Å². The summed E-state index contributed by atoms with van der Waals surface area (Å²) in [5.74, 6) is 0.162. The molecule has 2 heterocycles. The number of rotatable bonds is 5. The molecule has 3 aromatic rings. The molecule has 0 saturated heterocycles. The number of nitrogen functional groups attached to an aromatic ring is 1. The highest BCUT2D eigenvalue weighted by atomic mass is 35.5. The summed E-state index contributed by atoms with van der Waals surface area (Å²) < 4.78 is 10.6. The Hall–Kier alpha value is -3.44. The zero-order chi connectivity index (χ0) is 21.0. The second kappa shape index (κ2) is 8.71. The van der Waals surface area contributed by atoms with Crippen LogP contribution in [0.4, 0.5) is 21.4 Å². The number of thiazole rings is 1. The molecule has 0 unspecified atom stereocenters. The third kappa shape index (κ3) is 4.89. The zero-order valence-electron chi connectivity index (χ0n) is 15.3. The quantitative estimate of drug-likeness (QED) is 0.352. The van der Waals surface area contributed by atoms with Gasteiger partial charge in [0.1, 0.15) is 23.5 Å². The monoisotopic (exact) mass is 433 g/mol. The Morgan fingerprint density at radius 2 is 2.07 bits per heavy atom. The van der Waals surface area contributed by atoms with E-state index in [1.165, 1.54) is 30.8 Å². The molecule has 0 saturated carbocycles. The SMILES string of the molecule is COC(=N)c1c(N)ncnc1Oc1ccc(NC(=O)Nc2ncc(C)s2)c(Cl)c1. The predicted octanol–water partition coefficient (Wildman–Crippen LogP) is 3.89. The summed E-state index contributed by atoms with van der Waals surface area (Å²) in [6, 6.07) is 4.15. The van der Waals surface area contributed by atoms with Crippen LogP contribution < -0.4 is 21.1 Å². The number of aromatic nitrogens is 3. The Balaban J connectivity index is 1.74. The topological polar surface area (TPSA) is 148 Å². The first-order chi connectivity index (χ1) is 13.9. The maximum Gasteiger partial charge on any atom is 0.325 e. The first kappa shape index (κ1) is 20.3. The fourth-order valence-corrected chi connectivity index (χ4v) is 3.09. The molecule has 2 aromatic heterocycles. The molecule has 1 aromatic carbocycles. The fourth-order valence-electron chi connectivity index (χ4n) is 2.21. The predicted molar refractivity (Wildman–Crippen MR) is 111 cm³/mol. The van der Waals surface area contributed by atoms with Gasteiger partial charge >= 0.3 is 6.03 Å². The smallest absolute Gasteiger partial charge is 0.325 e. The molecule has 10 nitrogen and oxygen atoms in total. The molecular formula is C17H16ClN7O3S. The molecule has 0 aliphatic heterocycles. The summed E-state index contributed by atoms with van der Waals surface area (Å²) in [5.41, 5.74) is 6.28. The molecule has 3 rings (SSSR count). The molecule has 5 N–H and O–H groups in total. The van der Waals surface area contributed by atoms with Crippen molar-refractivity contribution in [3.05, 3.63) is 46.2 Å². The summed E-state index contributed by atoms with van der Waals surface area (Å²) in [4.78, 5) is 25.0. The van der Waals surface area contributed by atoms with E-state index in [1.807, 2.05) is 6.92 Å². The van der Waals surface area contributed by atoms with E-state index in [-0.39, 0.29) is 28.2 Å². The molecule has 0 aliphatic rings. The van der Waals surface area contributed by atoms with Gasteiger partial charge < -0.3 is 20.5 Å². The van der Waals surface area contributed by atoms with Crippen LogP contribution in [0.5, 0.6) is 11.6 Å². The number of hydrogen-bond acceptors (Lipinski definition) is 9. The van der Waals surface area contributed by atoms with E-state index in [4.69, 9.17) is 32.2 Å². The van der Waals surface area contributed by atoms with Crippen molar-refractivity contribution in [1.29, 1.82) is 5.41 Å². The van der Waals surface area contributed by atoms with Crippen molar-refractivity contribution in [3.63, 3.8) is 0 Å². The third-order valence-electron chi connectivity index (χ3n) is 3.52. The number of aryl methyl sites for hydroxylation is 1. The van der Waals surface area contributed by atoms with Crippen molar-refractivity contribution in [2.24, 2.45) is 0 Å². The summed E-state index contributed by atoms with van der Waals surface area (Å²) in [7, 11) is 1.33. The molecule has 150 valence electrons. The minimum Gasteiger partial charge on any atom is -0.481 e. The van der Waals surface area contributed by atoms with Crippen LogP contribution >= 0.6 is 22.9 Å². The van der Waals surface area contributed by atoms with Gasteiger partial charge in [-0.15, -0.1) is 11.3 Å². The maximum absolute atomic E-state index is 12.1. The van der Waals surface area contributed by atoms with Gasteiger partial charge in [-0.25, -0.2) is 19.7 Å². The lowest BCUT2D eigenvalue weighted by Gasteiger charge is -2.13. The number of carbonyl (C=O) groups is 1. The molecule has 0 radical (unpaired) electrons. The lowest BCUT2D eigenvalue weighted by molar-refractivity contribution is 0.262. The minimum atomic E-state index is -0.477. The highest BCUT2D eigenvalue weighted by Crippen LogP contribution is 2.31. The van der Waals surface area contributed by atoms with Gasteiger partial charge in [-0.2, -0.15) is 0 Å². The average Bonchev–Trinajstić information content (AvgIpc) is 3.08. The van der Waals surface area contributed by atoms with Crippen molar-refractivity contribution < 1.29 is 14.3 Å². The fraction of sp³-hybridized carbons (Fsp3) is 0.118. The van der Waals surface area contributed by atoms with Gasteiger partial charge in [0.25, 0.3) is 0 Å². The number of ether oxygens (including phenoxy) is 2. The largest absolute Gasteiger partial charge is 0.481 e. The maximum atomic E-state index is 12.1. The van der Waals surface area contributed by atoms with Gasteiger partial charge in [0.2, 0.25) is 11.8 Å². The molecule has 0 bridgehead atoms. The van der Waals surface area contributed by atoms with Crippen LogP contribution in [0, 0.1) is 12.3 Å². The molecule has 0 spiro atoms. The first-order valence-electron chi connectivity index (χ1n) is 8.08. The third-order valence-corrected chi connectivity index (χ3v) is 4.66. The molecule has 12 heteroatoms. The Morgan fingerprint density at radius 1 is 1.28 bits per heavy atom. The Kier molecular flexibility index (Phi) is 6.10. The number of halogens is 1. The van der Waals surface area contributed by atoms with Crippen LogP contribution in [0.15, 0.2) is 30.7 Å².